The number of rotatable bonds is 3. The first-order chi connectivity index (χ1) is 8.75. The van der Waals surface area contributed by atoms with Gasteiger partial charge in [-0.1, -0.05) is 0 Å². The van der Waals surface area contributed by atoms with E-state index in [2.05, 4.69) is 21.1 Å². The van der Waals surface area contributed by atoms with Gasteiger partial charge in [-0.05, 0) is 19.3 Å². The summed E-state index contributed by atoms with van der Waals surface area (Å²) in [4.78, 5) is 18.1. The lowest BCUT2D eigenvalue weighted by molar-refractivity contribution is -0.128. The molecule has 2 unspecified atom stereocenters. The van der Waals surface area contributed by atoms with Crippen LogP contribution in [0.3, 0.4) is 0 Å². The normalized spacial score (nSPS) is 27.6. The summed E-state index contributed by atoms with van der Waals surface area (Å²) in [7, 11) is 1.87. The van der Waals surface area contributed by atoms with Gasteiger partial charge in [0.15, 0.2) is 0 Å². The number of hydrogen-bond acceptors (Lipinski definition) is 3. The fourth-order valence-electron chi connectivity index (χ4n) is 3.00. The molecule has 2 atom stereocenters. The zero-order chi connectivity index (χ0) is 12.5. The number of hydrogen-bond donors (Lipinski definition) is 1. The molecular weight excluding hydrogens is 228 g/mol. The van der Waals surface area contributed by atoms with Crippen LogP contribution >= 0.6 is 0 Å². The summed E-state index contributed by atoms with van der Waals surface area (Å²) in [6.07, 6.45) is 7.23. The van der Waals surface area contributed by atoms with Crippen molar-refractivity contribution in [2.75, 3.05) is 20.1 Å². The van der Waals surface area contributed by atoms with Crippen molar-refractivity contribution in [2.24, 2.45) is 0 Å². The van der Waals surface area contributed by atoms with E-state index in [9.17, 15) is 4.79 Å². The van der Waals surface area contributed by atoms with Crippen LogP contribution in [0.5, 0.6) is 0 Å². The van der Waals surface area contributed by atoms with Crippen molar-refractivity contribution in [1.29, 1.82) is 0 Å². The van der Waals surface area contributed by atoms with Crippen molar-refractivity contribution in [2.45, 2.75) is 37.8 Å². The number of aryl methyl sites for hydroxylation is 1. The van der Waals surface area contributed by atoms with Gasteiger partial charge in [0.1, 0.15) is 5.82 Å². The molecule has 18 heavy (non-hydrogen) atoms. The minimum atomic E-state index is 0.0142. The van der Waals surface area contributed by atoms with Gasteiger partial charge in [0.05, 0.1) is 6.04 Å². The number of fused-ring (bicyclic) bond motifs is 1. The molecule has 3 heterocycles. The first kappa shape index (κ1) is 11.7. The summed E-state index contributed by atoms with van der Waals surface area (Å²) in [6.45, 7) is 2.81. The molecule has 0 saturated carbocycles. The molecule has 0 aliphatic carbocycles. The molecule has 3 rings (SSSR count). The number of carbonyl (C=O) groups is 1. The summed E-state index contributed by atoms with van der Waals surface area (Å²) in [6, 6.07) is 0.0142. The molecule has 1 saturated heterocycles. The molecule has 1 aromatic rings. The van der Waals surface area contributed by atoms with E-state index < -0.39 is 0 Å². The predicted octanol–water partition coefficient (Wildman–Crippen LogP) is 0.581. The monoisotopic (exact) mass is 248 g/mol. The van der Waals surface area contributed by atoms with Gasteiger partial charge in [-0.2, -0.15) is 0 Å². The Kier molecular flexibility index (Phi) is 3.07. The Labute approximate surface area is 107 Å². The second kappa shape index (κ2) is 4.72. The minimum absolute atomic E-state index is 0.0142. The number of carbonyl (C=O) groups excluding carboxylic acids is 1. The van der Waals surface area contributed by atoms with E-state index in [1.807, 2.05) is 13.2 Å². The van der Waals surface area contributed by atoms with E-state index in [4.69, 9.17) is 0 Å². The molecular formula is C13H20N4O. The van der Waals surface area contributed by atoms with Crippen molar-refractivity contribution in [3.63, 3.8) is 0 Å². The fraction of sp³-hybridized carbons (Fsp3) is 0.692. The van der Waals surface area contributed by atoms with Crippen LogP contribution in [0, 0.1) is 0 Å². The minimum Gasteiger partial charge on any atom is -0.344 e. The first-order valence-electron chi connectivity index (χ1n) is 6.75. The fourth-order valence-corrected chi connectivity index (χ4v) is 3.00. The van der Waals surface area contributed by atoms with Crippen molar-refractivity contribution in [3.8, 4) is 0 Å². The first-order valence-corrected chi connectivity index (χ1v) is 6.75. The largest absolute Gasteiger partial charge is 0.344 e. The molecule has 5 heteroatoms. The quantitative estimate of drug-likeness (QED) is 0.851. The SMILES string of the molecule is CN1CCC(NCC2CCCn3ccnc32)C1=O. The molecule has 2 aliphatic heterocycles. The van der Waals surface area contributed by atoms with Gasteiger partial charge in [-0.25, -0.2) is 4.98 Å². The average Bonchev–Trinajstić information content (AvgIpc) is 2.97. The van der Waals surface area contributed by atoms with Crippen molar-refractivity contribution < 1.29 is 4.79 Å². The van der Waals surface area contributed by atoms with Gasteiger partial charge in [-0.15, -0.1) is 0 Å². The highest BCUT2D eigenvalue weighted by atomic mass is 16.2. The Hall–Kier alpha value is -1.36. The Morgan fingerprint density at radius 2 is 2.33 bits per heavy atom. The van der Waals surface area contributed by atoms with E-state index in [1.54, 1.807) is 4.90 Å². The molecule has 5 nitrogen and oxygen atoms in total. The zero-order valence-electron chi connectivity index (χ0n) is 10.8. The van der Waals surface area contributed by atoms with E-state index in [-0.39, 0.29) is 11.9 Å². The molecule has 2 aliphatic rings. The lowest BCUT2D eigenvalue weighted by Gasteiger charge is -2.24. The number of nitrogens with one attached hydrogen (secondary N) is 1. The Morgan fingerprint density at radius 3 is 3.11 bits per heavy atom. The molecule has 0 spiro atoms. The Morgan fingerprint density at radius 1 is 1.44 bits per heavy atom. The van der Waals surface area contributed by atoms with E-state index in [0.717, 1.165) is 26.1 Å². The highest BCUT2D eigenvalue weighted by Gasteiger charge is 2.30. The molecule has 0 bridgehead atoms. The predicted molar refractivity (Wildman–Crippen MR) is 68.2 cm³/mol. The highest BCUT2D eigenvalue weighted by Crippen LogP contribution is 2.25. The Bertz CT molecular complexity index is 442. The molecule has 0 radical (unpaired) electrons. The Balaban J connectivity index is 1.60. The molecule has 1 N–H and O–H groups in total. The summed E-state index contributed by atoms with van der Waals surface area (Å²) in [5.74, 6) is 1.86. The molecule has 1 amide bonds. The van der Waals surface area contributed by atoms with Crippen LogP contribution in [0.25, 0.3) is 0 Å². The van der Waals surface area contributed by atoms with Gasteiger partial charge < -0.3 is 14.8 Å². The molecule has 0 aromatic carbocycles. The average molecular weight is 248 g/mol. The second-order valence-corrected chi connectivity index (χ2v) is 5.33. The number of amides is 1. The van der Waals surface area contributed by atoms with Crippen LogP contribution in [0.2, 0.25) is 0 Å². The number of likely N-dealkylation sites (N-methyl/N-ethyl adjacent to an activating group) is 1. The van der Waals surface area contributed by atoms with Crippen LogP contribution in [-0.4, -0.2) is 46.5 Å². The number of aromatic nitrogens is 2. The maximum atomic E-state index is 11.8. The lowest BCUT2D eigenvalue weighted by atomic mass is 9.98. The topological polar surface area (TPSA) is 50.2 Å². The van der Waals surface area contributed by atoms with Crippen molar-refractivity contribution >= 4 is 5.91 Å². The van der Waals surface area contributed by atoms with Crippen LogP contribution in [-0.2, 0) is 11.3 Å². The van der Waals surface area contributed by atoms with E-state index in [0.29, 0.717) is 5.92 Å². The van der Waals surface area contributed by atoms with Crippen molar-refractivity contribution in [1.82, 2.24) is 19.8 Å². The number of likely N-dealkylation sites (tertiary alicyclic amines) is 1. The smallest absolute Gasteiger partial charge is 0.239 e. The highest BCUT2D eigenvalue weighted by molar-refractivity contribution is 5.83. The van der Waals surface area contributed by atoms with E-state index in [1.165, 1.54) is 18.7 Å². The lowest BCUT2D eigenvalue weighted by Crippen LogP contribution is -2.39. The summed E-state index contributed by atoms with van der Waals surface area (Å²) in [5, 5.41) is 3.42. The number of nitrogens with zero attached hydrogens (tertiary/aromatic N) is 3. The van der Waals surface area contributed by atoms with Crippen LogP contribution < -0.4 is 5.32 Å². The van der Waals surface area contributed by atoms with Gasteiger partial charge >= 0.3 is 0 Å². The maximum absolute atomic E-state index is 11.8. The second-order valence-electron chi connectivity index (χ2n) is 5.33. The third kappa shape index (κ3) is 2.03. The van der Waals surface area contributed by atoms with Gasteiger partial charge in [0.2, 0.25) is 5.91 Å². The molecule has 98 valence electrons. The molecule has 1 fully saturated rings. The maximum Gasteiger partial charge on any atom is 0.239 e. The van der Waals surface area contributed by atoms with Crippen LogP contribution in [0.4, 0.5) is 0 Å². The van der Waals surface area contributed by atoms with Gasteiger partial charge in [0.25, 0.3) is 0 Å². The summed E-state index contributed by atoms with van der Waals surface area (Å²) >= 11 is 0. The standard InChI is InChI=1S/C13H20N4O/c1-16-7-4-11(13(16)18)15-9-10-3-2-6-17-8-5-14-12(10)17/h5,8,10-11,15H,2-4,6-7,9H2,1H3. The number of imidazole rings is 1. The van der Waals surface area contributed by atoms with Crippen LogP contribution in [0.1, 0.15) is 31.0 Å². The third-order valence-electron chi connectivity index (χ3n) is 4.10. The van der Waals surface area contributed by atoms with Gasteiger partial charge in [0, 0.05) is 45.0 Å². The molecule has 1 aromatic heterocycles. The summed E-state index contributed by atoms with van der Waals surface area (Å²) in [5.41, 5.74) is 0. The van der Waals surface area contributed by atoms with Gasteiger partial charge in [-0.3, -0.25) is 4.79 Å². The van der Waals surface area contributed by atoms with Crippen LogP contribution in [0.15, 0.2) is 12.4 Å². The zero-order valence-corrected chi connectivity index (χ0v) is 10.8. The van der Waals surface area contributed by atoms with E-state index >= 15 is 0 Å². The van der Waals surface area contributed by atoms with Crippen molar-refractivity contribution in [3.05, 3.63) is 18.2 Å². The summed E-state index contributed by atoms with van der Waals surface area (Å²) < 4.78 is 2.23. The third-order valence-corrected chi connectivity index (χ3v) is 4.10.